The Hall–Kier alpha value is -2.69. The van der Waals surface area contributed by atoms with E-state index in [0.29, 0.717) is 0 Å². The topological polar surface area (TPSA) is 40.6 Å². The second-order valence-corrected chi connectivity index (χ2v) is 5.29. The largest absolute Gasteiger partial charge is 0.329 e. The van der Waals surface area contributed by atoms with Crippen molar-refractivity contribution in [3.05, 3.63) is 66.0 Å². The van der Waals surface area contributed by atoms with Gasteiger partial charge in [-0.25, -0.2) is 4.39 Å². The predicted octanol–water partition coefficient (Wildman–Crippen LogP) is 2.84. The molecule has 23 heavy (non-hydrogen) atoms. The van der Waals surface area contributed by atoms with Gasteiger partial charge in [0.25, 0.3) is 0 Å². The number of anilines is 1. The van der Waals surface area contributed by atoms with Crippen LogP contribution in [0.2, 0.25) is 0 Å². The molecule has 0 fully saturated rings. The van der Waals surface area contributed by atoms with Gasteiger partial charge < -0.3 is 9.80 Å². The lowest BCUT2D eigenvalue weighted by Gasteiger charge is -2.24. The lowest BCUT2D eigenvalue weighted by atomic mass is 10.2. The summed E-state index contributed by atoms with van der Waals surface area (Å²) in [5.41, 5.74) is 1.54. The third kappa shape index (κ3) is 4.64. The number of likely N-dealkylation sites (N-methyl/N-ethyl adjacent to an activating group) is 1. The molecule has 0 radical (unpaired) electrons. The first kappa shape index (κ1) is 16.7. The van der Waals surface area contributed by atoms with E-state index in [0.717, 1.165) is 11.3 Å². The fraction of sp³-hybridized carbons (Fsp3) is 0.222. The number of hydrogen-bond donors (Lipinski definition) is 0. The molecule has 120 valence electrons. The van der Waals surface area contributed by atoms with E-state index in [9.17, 15) is 14.0 Å². The number of para-hydroxylation sites is 1. The van der Waals surface area contributed by atoms with Crippen LogP contribution >= 0.6 is 0 Å². The molecule has 0 unspecified atom stereocenters. The Morgan fingerprint density at radius 3 is 2.17 bits per heavy atom. The Labute approximate surface area is 135 Å². The minimum absolute atomic E-state index is 0.0297. The Balaban J connectivity index is 2.05. The Kier molecular flexibility index (Phi) is 5.46. The number of nitrogens with zero attached hydrogens (tertiary/aromatic N) is 2. The van der Waals surface area contributed by atoms with Crippen LogP contribution in [-0.4, -0.2) is 30.3 Å². The Morgan fingerprint density at radius 1 is 1.00 bits per heavy atom. The maximum absolute atomic E-state index is 12.9. The number of amides is 2. The van der Waals surface area contributed by atoms with E-state index in [1.54, 1.807) is 19.2 Å². The number of rotatable bonds is 5. The van der Waals surface area contributed by atoms with Gasteiger partial charge in [-0.3, -0.25) is 9.59 Å². The number of benzene rings is 2. The summed E-state index contributed by atoms with van der Waals surface area (Å²) >= 11 is 0. The zero-order valence-electron chi connectivity index (χ0n) is 13.2. The summed E-state index contributed by atoms with van der Waals surface area (Å²) in [6.45, 7) is 1.65. The van der Waals surface area contributed by atoms with Crippen molar-refractivity contribution in [1.82, 2.24) is 4.90 Å². The minimum atomic E-state index is -0.331. The van der Waals surface area contributed by atoms with Crippen molar-refractivity contribution < 1.29 is 14.0 Å². The first-order valence-electron chi connectivity index (χ1n) is 7.29. The quantitative estimate of drug-likeness (QED) is 0.851. The summed E-state index contributed by atoms with van der Waals surface area (Å²) in [6.07, 6.45) is 0. The fourth-order valence-corrected chi connectivity index (χ4v) is 2.15. The number of halogens is 1. The molecule has 2 rings (SSSR count). The molecule has 0 aliphatic heterocycles. The lowest BCUT2D eigenvalue weighted by Crippen LogP contribution is -2.40. The zero-order valence-corrected chi connectivity index (χ0v) is 13.2. The molecule has 0 bridgehead atoms. The van der Waals surface area contributed by atoms with Crippen molar-refractivity contribution in [3.8, 4) is 0 Å². The van der Waals surface area contributed by atoms with E-state index in [1.165, 1.54) is 28.9 Å². The van der Waals surface area contributed by atoms with Crippen LogP contribution < -0.4 is 4.90 Å². The van der Waals surface area contributed by atoms with Crippen molar-refractivity contribution in [2.24, 2.45) is 0 Å². The Morgan fingerprint density at radius 2 is 1.61 bits per heavy atom. The zero-order chi connectivity index (χ0) is 16.8. The molecule has 0 aliphatic carbocycles. The average Bonchev–Trinajstić information content (AvgIpc) is 2.56. The summed E-state index contributed by atoms with van der Waals surface area (Å²) in [5, 5.41) is 0. The molecule has 0 spiro atoms. The van der Waals surface area contributed by atoms with Gasteiger partial charge in [-0.05, 0) is 29.8 Å². The van der Waals surface area contributed by atoms with Gasteiger partial charge in [0.1, 0.15) is 12.4 Å². The molecule has 0 saturated heterocycles. The van der Waals surface area contributed by atoms with E-state index in [2.05, 4.69) is 0 Å². The summed E-state index contributed by atoms with van der Waals surface area (Å²) in [6, 6.07) is 15.1. The fourth-order valence-electron chi connectivity index (χ4n) is 2.15. The van der Waals surface area contributed by atoms with Crippen LogP contribution in [0.15, 0.2) is 54.6 Å². The normalized spacial score (nSPS) is 10.2. The van der Waals surface area contributed by atoms with Crippen molar-refractivity contribution in [3.63, 3.8) is 0 Å². The summed E-state index contributed by atoms with van der Waals surface area (Å²) in [5.74, 6) is -0.722. The van der Waals surface area contributed by atoms with Gasteiger partial charge in [-0.15, -0.1) is 0 Å². The van der Waals surface area contributed by atoms with Crippen molar-refractivity contribution in [1.29, 1.82) is 0 Å². The van der Waals surface area contributed by atoms with Crippen molar-refractivity contribution >= 4 is 17.5 Å². The van der Waals surface area contributed by atoms with Crippen LogP contribution in [0.5, 0.6) is 0 Å². The van der Waals surface area contributed by atoms with E-state index >= 15 is 0 Å². The second-order valence-electron chi connectivity index (χ2n) is 5.29. The van der Waals surface area contributed by atoms with Crippen molar-refractivity contribution in [2.45, 2.75) is 13.5 Å². The van der Waals surface area contributed by atoms with Crippen molar-refractivity contribution in [2.75, 3.05) is 18.5 Å². The molecule has 0 aliphatic rings. The van der Waals surface area contributed by atoms with E-state index in [1.807, 2.05) is 30.3 Å². The van der Waals surface area contributed by atoms with Gasteiger partial charge >= 0.3 is 0 Å². The smallest absolute Gasteiger partial charge is 0.246 e. The second kappa shape index (κ2) is 7.54. The van der Waals surface area contributed by atoms with Gasteiger partial charge in [0.2, 0.25) is 11.8 Å². The van der Waals surface area contributed by atoms with Gasteiger partial charge in [0.15, 0.2) is 0 Å². The third-order valence-corrected chi connectivity index (χ3v) is 3.58. The van der Waals surface area contributed by atoms with Crippen LogP contribution in [0.25, 0.3) is 0 Å². The SMILES string of the molecule is CC(=O)N(CC(=O)N(C)c1ccccc1)Cc1ccc(F)cc1. The number of carbonyl (C=O) groups excluding carboxylic acids is 2. The van der Waals surface area contributed by atoms with Gasteiger partial charge in [0.05, 0.1) is 0 Å². The predicted molar refractivity (Wildman–Crippen MR) is 87.3 cm³/mol. The average molecular weight is 314 g/mol. The lowest BCUT2D eigenvalue weighted by molar-refractivity contribution is -0.133. The first-order valence-corrected chi connectivity index (χ1v) is 7.29. The van der Waals surface area contributed by atoms with Gasteiger partial charge in [0, 0.05) is 26.2 Å². The molecule has 2 aromatic carbocycles. The molecule has 0 N–H and O–H groups in total. The maximum Gasteiger partial charge on any atom is 0.246 e. The van der Waals surface area contributed by atoms with E-state index in [4.69, 9.17) is 0 Å². The molecule has 2 amide bonds. The van der Waals surface area contributed by atoms with Crippen LogP contribution in [0, 0.1) is 5.82 Å². The summed E-state index contributed by atoms with van der Waals surface area (Å²) in [7, 11) is 1.67. The molecule has 0 heterocycles. The third-order valence-electron chi connectivity index (χ3n) is 3.58. The monoisotopic (exact) mass is 314 g/mol. The van der Waals surface area contributed by atoms with E-state index in [-0.39, 0.29) is 30.7 Å². The van der Waals surface area contributed by atoms with E-state index < -0.39 is 0 Å². The standard InChI is InChI=1S/C18H19FN2O2/c1-14(22)21(12-15-8-10-16(19)11-9-15)13-18(23)20(2)17-6-4-3-5-7-17/h3-11H,12-13H2,1-2H3. The molecule has 0 aromatic heterocycles. The van der Waals surface area contributed by atoms with Crippen LogP contribution in [0.3, 0.4) is 0 Å². The van der Waals surface area contributed by atoms with Crippen LogP contribution in [-0.2, 0) is 16.1 Å². The number of carbonyl (C=O) groups is 2. The molecule has 5 heteroatoms. The molecule has 4 nitrogen and oxygen atoms in total. The molecule has 2 aromatic rings. The molecule has 0 atom stereocenters. The highest BCUT2D eigenvalue weighted by molar-refractivity contribution is 5.95. The summed E-state index contributed by atoms with van der Waals surface area (Å²) < 4.78 is 12.9. The van der Waals surface area contributed by atoms with Crippen LogP contribution in [0.4, 0.5) is 10.1 Å². The minimum Gasteiger partial charge on any atom is -0.329 e. The highest BCUT2D eigenvalue weighted by Gasteiger charge is 2.18. The molecule has 0 saturated carbocycles. The highest BCUT2D eigenvalue weighted by Crippen LogP contribution is 2.13. The maximum atomic E-state index is 12.9. The molecular formula is C18H19FN2O2. The summed E-state index contributed by atoms with van der Waals surface area (Å²) in [4.78, 5) is 27.1. The highest BCUT2D eigenvalue weighted by atomic mass is 19.1. The number of hydrogen-bond acceptors (Lipinski definition) is 2. The van der Waals surface area contributed by atoms with Crippen LogP contribution in [0.1, 0.15) is 12.5 Å². The first-order chi connectivity index (χ1) is 11.0. The van der Waals surface area contributed by atoms with Gasteiger partial charge in [-0.1, -0.05) is 30.3 Å². The van der Waals surface area contributed by atoms with Gasteiger partial charge in [-0.2, -0.15) is 0 Å². The Bertz CT molecular complexity index is 671. The molecular weight excluding hydrogens is 295 g/mol.